The van der Waals surface area contributed by atoms with Crippen LogP contribution in [0.2, 0.25) is 5.02 Å². The molecular weight excluding hydrogens is 300 g/mol. The van der Waals surface area contributed by atoms with Crippen molar-refractivity contribution in [1.29, 1.82) is 0 Å². The molecule has 2 aromatic rings. The molecule has 0 fully saturated rings. The van der Waals surface area contributed by atoms with E-state index >= 15 is 0 Å². The number of rotatable bonds is 3. The third kappa shape index (κ3) is 3.07. The zero-order valence-electron chi connectivity index (χ0n) is 11.1. The Morgan fingerprint density at radius 2 is 1.70 bits per heavy atom. The number of nitrogen functional groups attached to an aromatic ring is 1. The lowest BCUT2D eigenvalue weighted by Gasteiger charge is -2.25. The van der Waals surface area contributed by atoms with Gasteiger partial charge in [0.05, 0.1) is 10.7 Å². The molecule has 0 aliphatic heterocycles. The molecule has 0 radical (unpaired) electrons. The molecule has 0 saturated heterocycles. The average Bonchev–Trinajstić information content (AvgIpc) is 2.33. The lowest BCUT2D eigenvalue weighted by Crippen LogP contribution is -2.16. The molecule has 1 nitrogen and oxygen atoms in total. The Labute approximate surface area is 126 Å². The van der Waals surface area contributed by atoms with Gasteiger partial charge in [-0.1, -0.05) is 17.7 Å². The Morgan fingerprint density at radius 3 is 2.25 bits per heavy atom. The summed E-state index contributed by atoms with van der Waals surface area (Å²) in [4.78, 5) is 0.805. The van der Waals surface area contributed by atoms with Gasteiger partial charge in [-0.2, -0.15) is 0 Å². The summed E-state index contributed by atoms with van der Waals surface area (Å²) >= 11 is 7.20. The van der Waals surface area contributed by atoms with E-state index in [0.29, 0.717) is 10.7 Å². The van der Waals surface area contributed by atoms with E-state index in [-0.39, 0.29) is 5.56 Å². The molecule has 106 valence electrons. The molecule has 0 bridgehead atoms. The molecular formula is C15H14ClF2NS. The molecule has 0 atom stereocenters. The van der Waals surface area contributed by atoms with Crippen LogP contribution in [0.1, 0.15) is 19.4 Å². The van der Waals surface area contributed by atoms with E-state index in [1.807, 2.05) is 0 Å². The second kappa shape index (κ2) is 5.62. The number of hydrogen-bond acceptors (Lipinski definition) is 2. The van der Waals surface area contributed by atoms with Gasteiger partial charge in [-0.15, -0.1) is 11.8 Å². The first kappa shape index (κ1) is 15.1. The predicted molar refractivity (Wildman–Crippen MR) is 81.1 cm³/mol. The van der Waals surface area contributed by atoms with Crippen LogP contribution in [0.15, 0.2) is 41.3 Å². The molecule has 0 saturated carbocycles. The van der Waals surface area contributed by atoms with Crippen molar-refractivity contribution >= 4 is 29.1 Å². The van der Waals surface area contributed by atoms with E-state index in [0.717, 1.165) is 4.90 Å². The van der Waals surface area contributed by atoms with Gasteiger partial charge in [0.25, 0.3) is 0 Å². The van der Waals surface area contributed by atoms with Gasteiger partial charge in [-0.25, -0.2) is 8.78 Å². The number of benzene rings is 2. The lowest BCUT2D eigenvalue weighted by atomic mass is 10.0. The molecule has 0 unspecified atom stereocenters. The van der Waals surface area contributed by atoms with Crippen molar-refractivity contribution in [3.63, 3.8) is 0 Å². The summed E-state index contributed by atoms with van der Waals surface area (Å²) in [5.74, 6) is -1.10. The topological polar surface area (TPSA) is 26.0 Å². The highest BCUT2D eigenvalue weighted by molar-refractivity contribution is 8.00. The van der Waals surface area contributed by atoms with E-state index in [9.17, 15) is 8.78 Å². The monoisotopic (exact) mass is 313 g/mol. The fourth-order valence-corrected chi connectivity index (χ4v) is 3.33. The third-order valence-corrected chi connectivity index (χ3v) is 4.45. The standard InChI is InChI=1S/C15H14ClF2NS/c1-15(2,14-11(17)4-3-5-12(14)18)20-9-6-7-10(16)13(19)8-9/h3-8H,19H2,1-2H3. The van der Waals surface area contributed by atoms with Gasteiger partial charge in [0, 0.05) is 15.2 Å². The van der Waals surface area contributed by atoms with Crippen molar-refractivity contribution in [2.45, 2.75) is 23.5 Å². The van der Waals surface area contributed by atoms with E-state index in [1.54, 1.807) is 32.0 Å². The Kier molecular flexibility index (Phi) is 4.25. The molecule has 2 N–H and O–H groups in total. The van der Waals surface area contributed by atoms with Crippen molar-refractivity contribution in [2.24, 2.45) is 0 Å². The van der Waals surface area contributed by atoms with Crippen LogP contribution < -0.4 is 5.73 Å². The summed E-state index contributed by atoms with van der Waals surface area (Å²) in [6, 6.07) is 9.04. The molecule has 0 aliphatic carbocycles. The predicted octanol–water partition coefficient (Wildman–Crippen LogP) is 5.23. The van der Waals surface area contributed by atoms with Crippen molar-refractivity contribution < 1.29 is 8.78 Å². The van der Waals surface area contributed by atoms with Crippen LogP contribution in [0.5, 0.6) is 0 Å². The lowest BCUT2D eigenvalue weighted by molar-refractivity contribution is 0.529. The van der Waals surface area contributed by atoms with Gasteiger partial charge < -0.3 is 5.73 Å². The van der Waals surface area contributed by atoms with Crippen LogP contribution >= 0.6 is 23.4 Å². The van der Waals surface area contributed by atoms with Crippen LogP contribution in [0.4, 0.5) is 14.5 Å². The third-order valence-electron chi connectivity index (χ3n) is 2.91. The highest BCUT2D eigenvalue weighted by atomic mass is 35.5. The molecule has 0 aliphatic rings. The maximum absolute atomic E-state index is 13.9. The van der Waals surface area contributed by atoms with Crippen molar-refractivity contribution in [3.8, 4) is 0 Å². The molecule has 0 amide bonds. The van der Waals surface area contributed by atoms with Crippen molar-refractivity contribution in [1.82, 2.24) is 0 Å². The highest BCUT2D eigenvalue weighted by Gasteiger charge is 2.29. The summed E-state index contributed by atoms with van der Waals surface area (Å²) in [5.41, 5.74) is 6.24. The smallest absolute Gasteiger partial charge is 0.130 e. The zero-order chi connectivity index (χ0) is 14.9. The van der Waals surface area contributed by atoms with E-state index < -0.39 is 16.4 Å². The Balaban J connectivity index is 2.37. The zero-order valence-corrected chi connectivity index (χ0v) is 12.7. The van der Waals surface area contributed by atoms with E-state index in [4.69, 9.17) is 17.3 Å². The summed E-state index contributed by atoms with van der Waals surface area (Å²) in [7, 11) is 0. The Hall–Kier alpha value is -1.26. The Morgan fingerprint density at radius 1 is 1.10 bits per heavy atom. The minimum Gasteiger partial charge on any atom is -0.397 e. The molecule has 20 heavy (non-hydrogen) atoms. The molecule has 0 spiro atoms. The summed E-state index contributed by atoms with van der Waals surface area (Å²) in [6.07, 6.45) is 0. The van der Waals surface area contributed by atoms with E-state index in [1.165, 1.54) is 30.0 Å². The SMILES string of the molecule is CC(C)(Sc1ccc(Cl)c(N)c1)c1c(F)cccc1F. The minimum absolute atomic E-state index is 0.0542. The number of thioether (sulfide) groups is 1. The maximum Gasteiger partial charge on any atom is 0.130 e. The normalized spacial score (nSPS) is 11.7. The van der Waals surface area contributed by atoms with Gasteiger partial charge in [0.2, 0.25) is 0 Å². The van der Waals surface area contributed by atoms with Crippen LogP contribution in [0.3, 0.4) is 0 Å². The largest absolute Gasteiger partial charge is 0.397 e. The van der Waals surface area contributed by atoms with Gasteiger partial charge in [0.1, 0.15) is 11.6 Å². The fraction of sp³-hybridized carbons (Fsp3) is 0.200. The van der Waals surface area contributed by atoms with Gasteiger partial charge in [0.15, 0.2) is 0 Å². The Bertz CT molecular complexity index is 624. The summed E-state index contributed by atoms with van der Waals surface area (Å²) < 4.78 is 27.0. The molecule has 0 heterocycles. The second-order valence-corrected chi connectivity index (χ2v) is 7.00. The van der Waals surface area contributed by atoms with Gasteiger partial charge >= 0.3 is 0 Å². The van der Waals surface area contributed by atoms with Crippen LogP contribution in [-0.4, -0.2) is 0 Å². The number of anilines is 1. The first-order chi connectivity index (χ1) is 9.31. The van der Waals surface area contributed by atoms with Crippen LogP contribution in [-0.2, 0) is 4.75 Å². The summed E-state index contributed by atoms with van der Waals surface area (Å²) in [5, 5.41) is 0.462. The number of nitrogens with two attached hydrogens (primary N) is 1. The quantitative estimate of drug-likeness (QED) is 0.620. The average molecular weight is 314 g/mol. The van der Waals surface area contributed by atoms with Crippen LogP contribution in [0.25, 0.3) is 0 Å². The second-order valence-electron chi connectivity index (χ2n) is 4.89. The first-order valence-electron chi connectivity index (χ1n) is 6.00. The highest BCUT2D eigenvalue weighted by Crippen LogP contribution is 2.43. The minimum atomic E-state index is -0.768. The maximum atomic E-state index is 13.9. The molecule has 2 aromatic carbocycles. The first-order valence-corrected chi connectivity index (χ1v) is 7.19. The van der Waals surface area contributed by atoms with Crippen molar-refractivity contribution in [3.05, 3.63) is 58.6 Å². The molecule has 0 aromatic heterocycles. The number of hydrogen-bond donors (Lipinski definition) is 1. The fourth-order valence-electron chi connectivity index (χ4n) is 2.00. The van der Waals surface area contributed by atoms with Gasteiger partial charge in [-0.05, 0) is 44.2 Å². The summed E-state index contributed by atoms with van der Waals surface area (Å²) in [6.45, 7) is 3.54. The van der Waals surface area contributed by atoms with Gasteiger partial charge in [-0.3, -0.25) is 0 Å². The number of halogens is 3. The van der Waals surface area contributed by atoms with E-state index in [2.05, 4.69) is 0 Å². The van der Waals surface area contributed by atoms with Crippen molar-refractivity contribution in [2.75, 3.05) is 5.73 Å². The molecule has 2 rings (SSSR count). The molecule has 5 heteroatoms. The van der Waals surface area contributed by atoms with Crippen LogP contribution in [0, 0.1) is 11.6 Å².